The number of rotatable bonds is 10. The molecular formula is C29H31NO5. The SMILES string of the molecule is COC(=O)c1ccc(C2OC2CCC(NC(=O)OCc2ccccc2)[C@H](C)c2ccccc2)cc1. The number of carbonyl (C=O) groups is 2. The number of methoxy groups -OCH3 is 1. The number of esters is 1. The fourth-order valence-corrected chi connectivity index (χ4v) is 4.28. The molecule has 6 nitrogen and oxygen atoms in total. The van der Waals surface area contributed by atoms with Crippen molar-refractivity contribution in [3.8, 4) is 0 Å². The molecule has 6 heteroatoms. The van der Waals surface area contributed by atoms with Gasteiger partial charge in [-0.2, -0.15) is 0 Å². The van der Waals surface area contributed by atoms with Gasteiger partial charge in [0.05, 0.1) is 18.8 Å². The molecular weight excluding hydrogens is 442 g/mol. The number of ether oxygens (including phenoxy) is 3. The van der Waals surface area contributed by atoms with Crippen LogP contribution in [0.5, 0.6) is 0 Å². The molecule has 0 bridgehead atoms. The van der Waals surface area contributed by atoms with Gasteiger partial charge in [-0.05, 0) is 41.7 Å². The summed E-state index contributed by atoms with van der Waals surface area (Å²) in [7, 11) is 1.37. The highest BCUT2D eigenvalue weighted by Gasteiger charge is 2.40. The van der Waals surface area contributed by atoms with Gasteiger partial charge >= 0.3 is 12.1 Å². The zero-order valence-corrected chi connectivity index (χ0v) is 20.1. The van der Waals surface area contributed by atoms with Crippen molar-refractivity contribution in [3.63, 3.8) is 0 Å². The number of amides is 1. The molecule has 1 fully saturated rings. The standard InChI is InChI=1S/C29H31NO5/c1-20(22-11-7-4-8-12-22)25(30-29(32)34-19-21-9-5-3-6-10-21)17-18-26-27(35-26)23-13-15-24(16-14-23)28(31)33-2/h3-16,20,25-27H,17-19H2,1-2H3,(H,30,32)/t20-,25?,26?,27?/m1/s1. The van der Waals surface area contributed by atoms with E-state index in [0.29, 0.717) is 5.56 Å². The van der Waals surface area contributed by atoms with E-state index in [4.69, 9.17) is 14.2 Å². The third-order valence-electron chi connectivity index (χ3n) is 6.45. The van der Waals surface area contributed by atoms with Crippen LogP contribution in [0.1, 0.15) is 58.8 Å². The molecule has 1 saturated heterocycles. The summed E-state index contributed by atoms with van der Waals surface area (Å²) < 4.78 is 16.2. The fourth-order valence-electron chi connectivity index (χ4n) is 4.28. The fraction of sp³-hybridized carbons (Fsp3) is 0.310. The summed E-state index contributed by atoms with van der Waals surface area (Å²) >= 11 is 0. The van der Waals surface area contributed by atoms with E-state index < -0.39 is 6.09 Å². The Morgan fingerprint density at radius 1 is 0.943 bits per heavy atom. The van der Waals surface area contributed by atoms with Crippen molar-refractivity contribution in [2.45, 2.75) is 50.5 Å². The van der Waals surface area contributed by atoms with E-state index in [0.717, 1.165) is 29.5 Å². The molecule has 1 amide bonds. The lowest BCUT2D eigenvalue weighted by molar-refractivity contribution is 0.0600. The molecule has 3 aromatic rings. The largest absolute Gasteiger partial charge is 0.465 e. The molecule has 0 saturated carbocycles. The van der Waals surface area contributed by atoms with Crippen molar-refractivity contribution in [1.29, 1.82) is 0 Å². The number of alkyl carbamates (subject to hydrolysis) is 1. The minimum atomic E-state index is -0.423. The van der Waals surface area contributed by atoms with Gasteiger partial charge in [-0.1, -0.05) is 79.7 Å². The smallest absolute Gasteiger partial charge is 0.407 e. The van der Waals surface area contributed by atoms with E-state index in [2.05, 4.69) is 24.4 Å². The van der Waals surface area contributed by atoms with Crippen LogP contribution in [0.25, 0.3) is 0 Å². The van der Waals surface area contributed by atoms with Crippen molar-refractivity contribution in [3.05, 3.63) is 107 Å². The Morgan fingerprint density at radius 3 is 2.26 bits per heavy atom. The molecule has 1 aliphatic heterocycles. The number of hydrogen-bond donors (Lipinski definition) is 1. The van der Waals surface area contributed by atoms with Crippen molar-refractivity contribution < 1.29 is 23.8 Å². The van der Waals surface area contributed by atoms with E-state index in [-0.39, 0.29) is 36.7 Å². The molecule has 3 aromatic carbocycles. The van der Waals surface area contributed by atoms with Gasteiger partial charge in [-0.3, -0.25) is 0 Å². The predicted molar refractivity (Wildman–Crippen MR) is 133 cm³/mol. The number of carbonyl (C=O) groups excluding carboxylic acids is 2. The monoisotopic (exact) mass is 473 g/mol. The summed E-state index contributed by atoms with van der Waals surface area (Å²) in [5, 5.41) is 3.08. The molecule has 4 rings (SSSR count). The quantitative estimate of drug-likeness (QED) is 0.298. The minimum absolute atomic E-state index is 0.000546. The van der Waals surface area contributed by atoms with Crippen LogP contribution in [0, 0.1) is 0 Å². The van der Waals surface area contributed by atoms with Gasteiger partial charge in [-0.15, -0.1) is 0 Å². The highest BCUT2D eigenvalue weighted by molar-refractivity contribution is 5.89. The topological polar surface area (TPSA) is 77.2 Å². The van der Waals surface area contributed by atoms with Gasteiger partial charge in [0.25, 0.3) is 0 Å². The maximum atomic E-state index is 12.6. The summed E-state index contributed by atoms with van der Waals surface area (Å²) in [6.07, 6.45) is 1.20. The van der Waals surface area contributed by atoms with Crippen molar-refractivity contribution >= 4 is 12.1 Å². The van der Waals surface area contributed by atoms with Crippen LogP contribution in [0.15, 0.2) is 84.9 Å². The van der Waals surface area contributed by atoms with E-state index >= 15 is 0 Å². The first-order valence-electron chi connectivity index (χ1n) is 11.9. The molecule has 1 aliphatic rings. The zero-order valence-electron chi connectivity index (χ0n) is 20.1. The Balaban J connectivity index is 1.35. The van der Waals surface area contributed by atoms with E-state index in [1.165, 1.54) is 7.11 Å². The summed E-state index contributed by atoms with van der Waals surface area (Å²) in [4.78, 5) is 24.3. The highest BCUT2D eigenvalue weighted by Crippen LogP contribution is 2.42. The average molecular weight is 474 g/mol. The first kappa shape index (κ1) is 24.5. The summed E-state index contributed by atoms with van der Waals surface area (Å²) in [5.41, 5.74) is 3.66. The van der Waals surface area contributed by atoms with Gasteiger partial charge in [0, 0.05) is 12.0 Å². The van der Waals surface area contributed by atoms with Crippen LogP contribution in [-0.2, 0) is 20.8 Å². The Morgan fingerprint density at radius 2 is 1.60 bits per heavy atom. The summed E-state index contributed by atoms with van der Waals surface area (Å²) in [6.45, 7) is 2.35. The molecule has 1 N–H and O–H groups in total. The Bertz CT molecular complexity index is 1100. The number of nitrogens with one attached hydrogen (secondary N) is 1. The van der Waals surface area contributed by atoms with Crippen LogP contribution in [-0.4, -0.2) is 31.3 Å². The molecule has 1 heterocycles. The molecule has 35 heavy (non-hydrogen) atoms. The van der Waals surface area contributed by atoms with Crippen LogP contribution in [0.2, 0.25) is 0 Å². The second kappa shape index (κ2) is 11.7. The van der Waals surface area contributed by atoms with Crippen molar-refractivity contribution in [1.82, 2.24) is 5.32 Å². The Hall–Kier alpha value is -3.64. The van der Waals surface area contributed by atoms with Gasteiger partial charge in [-0.25, -0.2) is 9.59 Å². The third-order valence-corrected chi connectivity index (χ3v) is 6.45. The maximum absolute atomic E-state index is 12.6. The van der Waals surface area contributed by atoms with E-state index in [9.17, 15) is 9.59 Å². The predicted octanol–water partition coefficient (Wildman–Crippen LogP) is 5.79. The van der Waals surface area contributed by atoms with Gasteiger partial charge in [0.2, 0.25) is 0 Å². The van der Waals surface area contributed by atoms with Crippen LogP contribution in [0.4, 0.5) is 4.79 Å². The first-order chi connectivity index (χ1) is 17.0. The van der Waals surface area contributed by atoms with Crippen molar-refractivity contribution in [2.75, 3.05) is 7.11 Å². The van der Waals surface area contributed by atoms with Crippen LogP contribution in [0.3, 0.4) is 0 Å². The van der Waals surface area contributed by atoms with E-state index in [1.54, 1.807) is 12.1 Å². The second-order valence-electron chi connectivity index (χ2n) is 8.80. The molecule has 4 atom stereocenters. The molecule has 3 unspecified atom stereocenters. The zero-order chi connectivity index (χ0) is 24.6. The Labute approximate surface area is 206 Å². The minimum Gasteiger partial charge on any atom is -0.465 e. The lowest BCUT2D eigenvalue weighted by Gasteiger charge is -2.25. The lowest BCUT2D eigenvalue weighted by atomic mass is 9.89. The number of hydrogen-bond acceptors (Lipinski definition) is 5. The maximum Gasteiger partial charge on any atom is 0.407 e. The first-order valence-corrected chi connectivity index (χ1v) is 11.9. The molecule has 0 radical (unpaired) electrons. The molecule has 182 valence electrons. The molecule has 0 spiro atoms. The van der Waals surface area contributed by atoms with Gasteiger partial charge < -0.3 is 19.5 Å². The van der Waals surface area contributed by atoms with Gasteiger partial charge in [0.1, 0.15) is 12.7 Å². The normalized spacial score (nSPS) is 18.2. The summed E-state index contributed by atoms with van der Waals surface area (Å²) in [5.74, 6) is -0.246. The summed E-state index contributed by atoms with van der Waals surface area (Å²) in [6, 6.07) is 27.0. The Kier molecular flexibility index (Phi) is 8.16. The van der Waals surface area contributed by atoms with E-state index in [1.807, 2.05) is 60.7 Å². The molecule has 0 aromatic heterocycles. The second-order valence-corrected chi connectivity index (χ2v) is 8.80. The van der Waals surface area contributed by atoms with Crippen LogP contribution < -0.4 is 5.32 Å². The third kappa shape index (κ3) is 6.70. The highest BCUT2D eigenvalue weighted by atomic mass is 16.6. The van der Waals surface area contributed by atoms with Gasteiger partial charge in [0.15, 0.2) is 0 Å². The lowest BCUT2D eigenvalue weighted by Crippen LogP contribution is -2.39. The van der Waals surface area contributed by atoms with Crippen LogP contribution >= 0.6 is 0 Å². The average Bonchev–Trinajstić information content (AvgIpc) is 3.70. The number of epoxide rings is 1. The molecule has 0 aliphatic carbocycles. The number of benzene rings is 3. The van der Waals surface area contributed by atoms with Crippen molar-refractivity contribution in [2.24, 2.45) is 0 Å².